The van der Waals surface area contributed by atoms with Crippen molar-refractivity contribution in [2.24, 2.45) is 0 Å². The fraction of sp³-hybridized carbons (Fsp3) is 0.200. The van der Waals surface area contributed by atoms with Crippen LogP contribution in [0.2, 0.25) is 5.02 Å². The monoisotopic (exact) mass is 451 g/mol. The van der Waals surface area contributed by atoms with E-state index in [1.54, 1.807) is 62.6 Å². The molecule has 2 aromatic carbocycles. The molecule has 2 heterocycles. The Morgan fingerprint density at radius 1 is 1.03 bits per heavy atom. The van der Waals surface area contributed by atoms with Gasteiger partial charge in [0.1, 0.15) is 29.1 Å². The summed E-state index contributed by atoms with van der Waals surface area (Å²) in [5.41, 5.74) is 2.40. The number of ether oxygens (including phenoxy) is 1. The third kappa shape index (κ3) is 3.56. The van der Waals surface area contributed by atoms with E-state index in [0.29, 0.717) is 33.5 Å². The maximum absolute atomic E-state index is 13.1. The highest BCUT2D eigenvalue weighted by atomic mass is 35.5. The average Bonchev–Trinajstić information content (AvgIpc) is 3.30. The number of rotatable bonds is 4. The SMILES string of the molecule is COc1ccc(/C(O)=C2/C(=O)C(=O)N(c3ccc(C)c(Cl)c3)C2c2ccc(C)o2)cc1C. The van der Waals surface area contributed by atoms with E-state index in [1.807, 2.05) is 13.8 Å². The quantitative estimate of drug-likeness (QED) is 0.322. The Morgan fingerprint density at radius 3 is 2.38 bits per heavy atom. The third-order valence-electron chi connectivity index (χ3n) is 5.58. The first-order chi connectivity index (χ1) is 15.2. The van der Waals surface area contributed by atoms with Crippen LogP contribution in [-0.4, -0.2) is 23.9 Å². The highest BCUT2D eigenvalue weighted by molar-refractivity contribution is 6.51. The number of carbonyl (C=O) groups excluding carboxylic acids is 2. The molecule has 7 heteroatoms. The number of anilines is 1. The predicted molar refractivity (Wildman–Crippen MR) is 122 cm³/mol. The van der Waals surface area contributed by atoms with Crippen molar-refractivity contribution in [1.82, 2.24) is 0 Å². The van der Waals surface area contributed by atoms with Gasteiger partial charge in [-0.05, 0) is 74.4 Å². The largest absolute Gasteiger partial charge is 0.507 e. The number of furan rings is 1. The number of aliphatic hydroxyl groups excluding tert-OH is 1. The highest BCUT2D eigenvalue weighted by Gasteiger charge is 2.48. The van der Waals surface area contributed by atoms with Crippen molar-refractivity contribution in [2.75, 3.05) is 12.0 Å². The Kier molecular flexibility index (Phi) is 5.57. The molecule has 1 N–H and O–H groups in total. The van der Waals surface area contributed by atoms with Gasteiger partial charge in [0.25, 0.3) is 11.7 Å². The number of nitrogens with zero attached hydrogens (tertiary/aromatic N) is 1. The zero-order chi connectivity index (χ0) is 23.2. The first-order valence-electron chi connectivity index (χ1n) is 10.0. The zero-order valence-electron chi connectivity index (χ0n) is 18.1. The van der Waals surface area contributed by atoms with Gasteiger partial charge >= 0.3 is 0 Å². The normalized spacial score (nSPS) is 17.8. The van der Waals surface area contributed by atoms with Gasteiger partial charge in [-0.25, -0.2) is 0 Å². The van der Waals surface area contributed by atoms with E-state index in [1.165, 1.54) is 4.90 Å². The van der Waals surface area contributed by atoms with E-state index >= 15 is 0 Å². The second-order valence-electron chi connectivity index (χ2n) is 7.74. The molecular formula is C25H22ClNO5. The molecule has 164 valence electrons. The van der Waals surface area contributed by atoms with Gasteiger partial charge in [-0.15, -0.1) is 0 Å². The number of hydrogen-bond donors (Lipinski definition) is 1. The van der Waals surface area contributed by atoms with Gasteiger partial charge in [-0.2, -0.15) is 0 Å². The molecule has 0 spiro atoms. The number of aliphatic hydroxyl groups is 1. The average molecular weight is 452 g/mol. The minimum Gasteiger partial charge on any atom is -0.507 e. The van der Waals surface area contributed by atoms with Crippen LogP contribution in [0.5, 0.6) is 5.75 Å². The summed E-state index contributed by atoms with van der Waals surface area (Å²) in [7, 11) is 1.55. The van der Waals surface area contributed by atoms with Gasteiger partial charge in [0.2, 0.25) is 0 Å². The molecule has 1 aromatic heterocycles. The number of hydrogen-bond acceptors (Lipinski definition) is 5. The molecule has 4 rings (SSSR count). The minimum atomic E-state index is -0.940. The number of methoxy groups -OCH3 is 1. The van der Waals surface area contributed by atoms with Crippen molar-refractivity contribution in [2.45, 2.75) is 26.8 Å². The van der Waals surface area contributed by atoms with Crippen molar-refractivity contribution in [3.05, 3.63) is 87.3 Å². The molecule has 1 saturated heterocycles. The number of Topliss-reactive ketones (excluding diaryl/α,β-unsaturated/α-hetero) is 1. The predicted octanol–water partition coefficient (Wildman–Crippen LogP) is 5.49. The summed E-state index contributed by atoms with van der Waals surface area (Å²) < 4.78 is 11.1. The molecule has 0 aliphatic carbocycles. The molecule has 1 unspecified atom stereocenters. The smallest absolute Gasteiger partial charge is 0.300 e. The van der Waals surface area contributed by atoms with Gasteiger partial charge in [0, 0.05) is 16.3 Å². The summed E-state index contributed by atoms with van der Waals surface area (Å²) in [5.74, 6) is -0.219. The summed E-state index contributed by atoms with van der Waals surface area (Å²) >= 11 is 6.30. The number of aryl methyl sites for hydroxylation is 3. The summed E-state index contributed by atoms with van der Waals surface area (Å²) in [5, 5.41) is 11.6. The van der Waals surface area contributed by atoms with Crippen LogP contribution in [0.3, 0.4) is 0 Å². The van der Waals surface area contributed by atoms with Gasteiger partial charge < -0.3 is 14.3 Å². The lowest BCUT2D eigenvalue weighted by Crippen LogP contribution is -2.29. The lowest BCUT2D eigenvalue weighted by Gasteiger charge is -2.24. The molecule has 0 radical (unpaired) electrons. The lowest BCUT2D eigenvalue weighted by molar-refractivity contribution is -0.132. The molecule has 1 amide bonds. The standard InChI is InChI=1S/C25H22ClNO5/c1-13-5-8-17(12-18(13)26)27-22(20-9-6-15(3)32-20)21(24(29)25(27)30)23(28)16-7-10-19(31-4)14(2)11-16/h5-12,22,28H,1-4H3/b23-21-. The Labute approximate surface area is 190 Å². The van der Waals surface area contributed by atoms with Crippen LogP contribution in [0.4, 0.5) is 5.69 Å². The van der Waals surface area contributed by atoms with E-state index in [9.17, 15) is 14.7 Å². The lowest BCUT2D eigenvalue weighted by atomic mass is 9.98. The van der Waals surface area contributed by atoms with E-state index in [2.05, 4.69) is 0 Å². The fourth-order valence-corrected chi connectivity index (χ4v) is 4.06. The van der Waals surface area contributed by atoms with E-state index in [-0.39, 0.29) is 11.3 Å². The fourth-order valence-electron chi connectivity index (χ4n) is 3.88. The number of carbonyl (C=O) groups is 2. The van der Waals surface area contributed by atoms with Crippen molar-refractivity contribution in [1.29, 1.82) is 0 Å². The van der Waals surface area contributed by atoms with Crippen LogP contribution < -0.4 is 9.64 Å². The molecule has 1 aliphatic rings. The van der Waals surface area contributed by atoms with Gasteiger partial charge in [0.05, 0.1) is 12.7 Å². The van der Waals surface area contributed by atoms with Crippen molar-refractivity contribution in [3.63, 3.8) is 0 Å². The van der Waals surface area contributed by atoms with Crippen LogP contribution in [0.15, 0.2) is 58.5 Å². The third-order valence-corrected chi connectivity index (χ3v) is 5.98. The first kappa shape index (κ1) is 21.7. The Morgan fingerprint density at radius 2 is 1.78 bits per heavy atom. The highest BCUT2D eigenvalue weighted by Crippen LogP contribution is 2.43. The van der Waals surface area contributed by atoms with Crippen LogP contribution in [0.1, 0.15) is 34.3 Å². The van der Waals surface area contributed by atoms with Gasteiger partial charge in [-0.1, -0.05) is 17.7 Å². The molecular weight excluding hydrogens is 430 g/mol. The van der Waals surface area contributed by atoms with Crippen molar-refractivity contribution >= 4 is 34.7 Å². The molecule has 32 heavy (non-hydrogen) atoms. The summed E-state index contributed by atoms with van der Waals surface area (Å²) in [6.07, 6.45) is 0. The van der Waals surface area contributed by atoms with Crippen molar-refractivity contribution < 1.29 is 23.8 Å². The number of ketones is 1. The van der Waals surface area contributed by atoms with E-state index < -0.39 is 17.7 Å². The number of halogens is 1. The second-order valence-corrected chi connectivity index (χ2v) is 8.14. The molecule has 3 aromatic rings. The summed E-state index contributed by atoms with van der Waals surface area (Å²) in [6, 6.07) is 12.7. The van der Waals surface area contributed by atoms with Crippen molar-refractivity contribution in [3.8, 4) is 5.75 Å². The molecule has 0 saturated carbocycles. The second kappa shape index (κ2) is 8.20. The Balaban J connectivity index is 1.93. The van der Waals surface area contributed by atoms with Crippen LogP contribution >= 0.6 is 11.6 Å². The number of benzene rings is 2. The van der Waals surface area contributed by atoms with Gasteiger partial charge in [0.15, 0.2) is 0 Å². The molecule has 6 nitrogen and oxygen atoms in total. The molecule has 0 bridgehead atoms. The minimum absolute atomic E-state index is 0.0504. The maximum Gasteiger partial charge on any atom is 0.300 e. The first-order valence-corrected chi connectivity index (χ1v) is 10.4. The van der Waals surface area contributed by atoms with Crippen LogP contribution in [0, 0.1) is 20.8 Å². The summed E-state index contributed by atoms with van der Waals surface area (Å²) in [6.45, 7) is 5.45. The molecule has 1 fully saturated rings. The topological polar surface area (TPSA) is 80.0 Å². The van der Waals surface area contributed by atoms with Crippen LogP contribution in [0.25, 0.3) is 5.76 Å². The zero-order valence-corrected chi connectivity index (χ0v) is 18.9. The maximum atomic E-state index is 13.1. The molecule has 1 atom stereocenters. The Bertz CT molecular complexity index is 1270. The Hall–Kier alpha value is -3.51. The van der Waals surface area contributed by atoms with E-state index in [4.69, 9.17) is 20.8 Å². The van der Waals surface area contributed by atoms with E-state index in [0.717, 1.165) is 11.1 Å². The number of amides is 1. The van der Waals surface area contributed by atoms with Gasteiger partial charge in [-0.3, -0.25) is 14.5 Å². The van der Waals surface area contributed by atoms with Crippen LogP contribution in [-0.2, 0) is 9.59 Å². The summed E-state index contributed by atoms with van der Waals surface area (Å²) in [4.78, 5) is 27.6. The molecule has 1 aliphatic heterocycles.